The Morgan fingerprint density at radius 1 is 1.30 bits per heavy atom. The molecule has 23 heavy (non-hydrogen) atoms. The molecule has 6 nitrogen and oxygen atoms in total. The van der Waals surface area contributed by atoms with Crippen LogP contribution in [0.25, 0.3) is 4.47 Å². The van der Waals surface area contributed by atoms with Crippen LogP contribution in [0.4, 0.5) is 4.79 Å². The third-order valence-corrected chi connectivity index (χ3v) is 6.08. The molecule has 1 aromatic carbocycles. The van der Waals surface area contributed by atoms with Crippen LogP contribution in [-0.2, 0) is 9.53 Å². The zero-order valence-electron chi connectivity index (χ0n) is 13.0. The Morgan fingerprint density at radius 2 is 1.91 bits per heavy atom. The molecule has 1 aliphatic rings. The van der Waals surface area contributed by atoms with Crippen LogP contribution in [0.2, 0.25) is 0 Å². The molecule has 2 rings (SSSR count). The predicted octanol–water partition coefficient (Wildman–Crippen LogP) is 1.72. The van der Waals surface area contributed by atoms with E-state index in [4.69, 9.17) is 10.5 Å². The summed E-state index contributed by atoms with van der Waals surface area (Å²) in [4.78, 5) is 23.9. The average molecular weight is 447 g/mol. The molecule has 0 bridgehead atoms. The molecule has 1 aliphatic heterocycles. The number of hydrogen-bond donors (Lipinski definition) is 3. The van der Waals surface area contributed by atoms with E-state index in [2.05, 4.69) is 26.6 Å². The van der Waals surface area contributed by atoms with E-state index in [1.165, 1.54) is 0 Å². The Hall–Kier alpha value is -1.50. The van der Waals surface area contributed by atoms with Gasteiger partial charge in [0.2, 0.25) is 0 Å². The van der Waals surface area contributed by atoms with Crippen LogP contribution in [0.3, 0.4) is 0 Å². The molecule has 0 aliphatic carbocycles. The molecular weight excluding hydrogens is 429 g/mol. The van der Waals surface area contributed by atoms with E-state index < -0.39 is 37.1 Å². The molecule has 1 unspecified atom stereocenters. The molecule has 124 valence electrons. The fourth-order valence-electron chi connectivity index (χ4n) is 1.84. The number of carbonyl (C=O) groups is 2. The summed E-state index contributed by atoms with van der Waals surface area (Å²) in [7, 11) is 0. The molecule has 4 N–H and O–H groups in total. The Balaban J connectivity index is 2.14. The van der Waals surface area contributed by atoms with Crippen molar-refractivity contribution >= 4 is 47.4 Å². The minimum atomic E-state index is -1.32. The predicted molar refractivity (Wildman–Crippen MR) is 92.3 cm³/mol. The number of ether oxygens (including phenoxy) is 1. The first-order valence-corrected chi connectivity index (χ1v) is 9.36. The van der Waals surface area contributed by atoms with Gasteiger partial charge in [-0.2, -0.15) is 0 Å². The maximum absolute atomic E-state index is 12.0. The zero-order valence-corrected chi connectivity index (χ0v) is 16.3. The fourth-order valence-corrected chi connectivity index (χ4v) is 4.32. The first-order valence-electron chi connectivity index (χ1n) is 6.85. The van der Waals surface area contributed by atoms with Crippen LogP contribution in [0, 0.1) is 0 Å². The van der Waals surface area contributed by atoms with Gasteiger partial charge in [0, 0.05) is 0 Å². The van der Waals surface area contributed by atoms with Gasteiger partial charge in [0.05, 0.1) is 0 Å². The summed E-state index contributed by atoms with van der Waals surface area (Å²) in [6, 6.07) is 7.70. The molecule has 1 atom stereocenters. The van der Waals surface area contributed by atoms with Crippen molar-refractivity contribution in [1.82, 2.24) is 10.6 Å². The van der Waals surface area contributed by atoms with Gasteiger partial charge in [-0.15, -0.1) is 0 Å². The minimum absolute atomic E-state index is 0.427. The second-order valence-corrected chi connectivity index (χ2v) is 9.49. The van der Waals surface area contributed by atoms with Crippen molar-refractivity contribution in [3.63, 3.8) is 0 Å². The number of alkyl carbamates (subject to hydrolysis) is 1. The van der Waals surface area contributed by atoms with E-state index in [9.17, 15) is 9.59 Å². The second-order valence-electron chi connectivity index (χ2n) is 5.93. The first kappa shape index (κ1) is 17.8. The molecule has 0 saturated carbocycles. The third kappa shape index (κ3) is 4.50. The molecule has 8 heteroatoms. The number of halogens is 1. The summed E-state index contributed by atoms with van der Waals surface area (Å²) in [6.45, 7) is 5.26. The van der Waals surface area contributed by atoms with Crippen molar-refractivity contribution in [1.29, 1.82) is 0 Å². The molecule has 0 radical (unpaired) electrons. The summed E-state index contributed by atoms with van der Waals surface area (Å²) in [5, 5.41) is 5.50. The van der Waals surface area contributed by atoms with E-state index in [-0.39, 0.29) is 0 Å². The van der Waals surface area contributed by atoms with Crippen molar-refractivity contribution in [2.45, 2.75) is 30.9 Å². The number of amides is 2. The van der Waals surface area contributed by atoms with Gasteiger partial charge in [-0.25, -0.2) is 0 Å². The normalized spacial score (nSPS) is 20.4. The molecular formula is C15H18BrN3O3Se. The standard InChI is InChI=1S/C15H18BrN3O3Se/c1-14(2,3)22-13(21)19-15(12(17)20)18-8-11(23-15)9-4-6-10(16)7-5-9/h4-8,18H,1-3H3,(H2,17,20)(H,19,21). The van der Waals surface area contributed by atoms with Crippen molar-refractivity contribution in [2.75, 3.05) is 0 Å². The van der Waals surface area contributed by atoms with Crippen LogP contribution in [-0.4, -0.2) is 37.1 Å². The van der Waals surface area contributed by atoms with Gasteiger partial charge in [-0.05, 0) is 0 Å². The fraction of sp³-hybridized carbons (Fsp3) is 0.333. The van der Waals surface area contributed by atoms with Crippen molar-refractivity contribution in [3.05, 3.63) is 40.5 Å². The summed E-state index contributed by atoms with van der Waals surface area (Å²) < 4.78 is 5.79. The Kier molecular flexibility index (Phi) is 5.08. The maximum atomic E-state index is 12.0. The number of hydrogen-bond acceptors (Lipinski definition) is 4. The van der Waals surface area contributed by atoms with E-state index in [0.717, 1.165) is 14.5 Å². The van der Waals surface area contributed by atoms with E-state index in [0.29, 0.717) is 0 Å². The molecule has 0 saturated heterocycles. The molecule has 0 fully saturated rings. The number of nitrogens with two attached hydrogens (primary N) is 1. The van der Waals surface area contributed by atoms with Gasteiger partial charge >= 0.3 is 149 Å². The number of primary amides is 1. The first-order chi connectivity index (χ1) is 10.6. The summed E-state index contributed by atoms with van der Waals surface area (Å²) in [6.07, 6.45) is 1.03. The van der Waals surface area contributed by atoms with Crippen LogP contribution in [0.15, 0.2) is 34.9 Å². The number of benzene rings is 1. The van der Waals surface area contributed by atoms with Crippen molar-refractivity contribution in [3.8, 4) is 0 Å². The summed E-state index contributed by atoms with van der Waals surface area (Å²) >= 11 is 2.96. The second kappa shape index (κ2) is 6.55. The van der Waals surface area contributed by atoms with Gasteiger partial charge in [0.1, 0.15) is 0 Å². The quantitative estimate of drug-likeness (QED) is 0.616. The van der Waals surface area contributed by atoms with Gasteiger partial charge < -0.3 is 0 Å². The van der Waals surface area contributed by atoms with E-state index in [1.54, 1.807) is 27.0 Å². The molecule has 1 heterocycles. The van der Waals surface area contributed by atoms with Crippen LogP contribution < -0.4 is 16.4 Å². The summed E-state index contributed by atoms with van der Waals surface area (Å²) in [5.41, 5.74) is 5.82. The van der Waals surface area contributed by atoms with Crippen LogP contribution in [0.5, 0.6) is 0 Å². The molecule has 0 aromatic heterocycles. The van der Waals surface area contributed by atoms with Crippen molar-refractivity contribution < 1.29 is 14.3 Å². The monoisotopic (exact) mass is 447 g/mol. The van der Waals surface area contributed by atoms with E-state index in [1.807, 2.05) is 24.3 Å². The SMILES string of the molecule is CC(C)(C)OC(=O)NC1(C(N)=O)NC=C(c2ccc(Br)cc2)[Se]1. The molecule has 1 aromatic rings. The number of carbonyl (C=O) groups excluding carboxylic acids is 2. The third-order valence-electron chi connectivity index (χ3n) is 2.82. The Labute approximate surface area is 149 Å². The van der Waals surface area contributed by atoms with Crippen molar-refractivity contribution in [2.24, 2.45) is 5.73 Å². The molecule has 0 spiro atoms. The number of rotatable bonds is 3. The Morgan fingerprint density at radius 3 is 2.43 bits per heavy atom. The van der Waals surface area contributed by atoms with E-state index >= 15 is 0 Å². The average Bonchev–Trinajstić information content (AvgIpc) is 2.82. The Bertz CT molecular complexity index is 655. The topological polar surface area (TPSA) is 93.4 Å². The van der Waals surface area contributed by atoms with Gasteiger partial charge in [0.25, 0.3) is 0 Å². The van der Waals surface area contributed by atoms with Crippen LogP contribution >= 0.6 is 15.9 Å². The summed E-state index contributed by atoms with van der Waals surface area (Å²) in [5.74, 6) is -0.647. The zero-order chi connectivity index (χ0) is 17.3. The number of nitrogens with one attached hydrogen (secondary N) is 2. The van der Waals surface area contributed by atoms with Gasteiger partial charge in [-0.3, -0.25) is 0 Å². The van der Waals surface area contributed by atoms with Gasteiger partial charge in [0.15, 0.2) is 0 Å². The van der Waals surface area contributed by atoms with Gasteiger partial charge in [-0.1, -0.05) is 0 Å². The van der Waals surface area contributed by atoms with Crippen LogP contribution in [0.1, 0.15) is 26.3 Å². The molecule has 2 amide bonds.